The minimum Gasteiger partial charge on any atom is -0.478 e. The molecule has 1 aliphatic heterocycles. The SMILES string of the molecule is CCSc1nnc2c(n1)OC(c1ccc(C(=O)O)cc1)Nc1ccc(Br)cc1-2. The van der Waals surface area contributed by atoms with E-state index in [4.69, 9.17) is 9.84 Å². The zero-order chi connectivity index (χ0) is 19.7. The standard InChI is InChI=1S/C19H15BrN4O3S/c1-2-28-19-22-17-15(23-24-19)13-9-12(20)7-8-14(13)21-16(27-17)10-3-5-11(6-4-10)18(25)26/h3-9,16,21H,2H2,1H3,(H,25,26). The molecule has 1 unspecified atom stereocenters. The summed E-state index contributed by atoms with van der Waals surface area (Å²) in [4.78, 5) is 15.7. The molecule has 28 heavy (non-hydrogen) atoms. The first kappa shape index (κ1) is 18.7. The monoisotopic (exact) mass is 458 g/mol. The highest BCUT2D eigenvalue weighted by Crippen LogP contribution is 2.40. The summed E-state index contributed by atoms with van der Waals surface area (Å²) in [6, 6.07) is 12.3. The molecule has 4 rings (SSSR count). The van der Waals surface area contributed by atoms with Crippen molar-refractivity contribution in [1.29, 1.82) is 0 Å². The van der Waals surface area contributed by atoms with Crippen molar-refractivity contribution in [1.82, 2.24) is 15.2 Å². The molecule has 2 N–H and O–H groups in total. The molecule has 0 spiro atoms. The average Bonchev–Trinajstić information content (AvgIpc) is 2.84. The molecule has 0 bridgehead atoms. The topological polar surface area (TPSA) is 97.2 Å². The Morgan fingerprint density at radius 3 is 2.75 bits per heavy atom. The van der Waals surface area contributed by atoms with Crippen molar-refractivity contribution >= 4 is 39.3 Å². The second-order valence-corrected chi connectivity index (χ2v) is 8.09. The Morgan fingerprint density at radius 1 is 1.25 bits per heavy atom. The fourth-order valence-electron chi connectivity index (χ4n) is 2.81. The maximum absolute atomic E-state index is 11.1. The zero-order valence-electron chi connectivity index (χ0n) is 14.7. The molecule has 2 aromatic carbocycles. The fraction of sp³-hybridized carbons (Fsp3) is 0.158. The number of aromatic nitrogens is 3. The van der Waals surface area contributed by atoms with Crippen LogP contribution in [0.25, 0.3) is 11.3 Å². The number of hydrogen-bond donors (Lipinski definition) is 2. The van der Waals surface area contributed by atoms with Gasteiger partial charge < -0.3 is 15.2 Å². The predicted molar refractivity (Wildman–Crippen MR) is 110 cm³/mol. The number of nitrogens with one attached hydrogen (secondary N) is 1. The summed E-state index contributed by atoms with van der Waals surface area (Å²) < 4.78 is 7.05. The third-order valence-electron chi connectivity index (χ3n) is 4.12. The highest BCUT2D eigenvalue weighted by Gasteiger charge is 2.26. The molecule has 7 nitrogen and oxygen atoms in total. The van der Waals surface area contributed by atoms with Crippen LogP contribution in [-0.4, -0.2) is 32.0 Å². The van der Waals surface area contributed by atoms with Gasteiger partial charge in [-0.25, -0.2) is 4.79 Å². The van der Waals surface area contributed by atoms with Gasteiger partial charge in [0, 0.05) is 21.3 Å². The number of nitrogens with zero attached hydrogens (tertiary/aromatic N) is 3. The number of ether oxygens (including phenoxy) is 1. The number of carbonyl (C=O) groups is 1. The first-order chi connectivity index (χ1) is 13.5. The molecule has 0 saturated heterocycles. The number of benzene rings is 2. The molecule has 0 amide bonds. The maximum Gasteiger partial charge on any atom is 0.335 e. The van der Waals surface area contributed by atoms with Crippen LogP contribution in [0.2, 0.25) is 0 Å². The van der Waals surface area contributed by atoms with Gasteiger partial charge in [0.2, 0.25) is 11.0 Å². The second-order valence-electron chi connectivity index (χ2n) is 5.94. The number of anilines is 1. The quantitative estimate of drug-likeness (QED) is 0.546. The Balaban J connectivity index is 1.80. The largest absolute Gasteiger partial charge is 0.478 e. The average molecular weight is 459 g/mol. The van der Waals surface area contributed by atoms with E-state index in [-0.39, 0.29) is 5.56 Å². The molecule has 0 radical (unpaired) electrons. The normalized spacial score (nSPS) is 14.9. The summed E-state index contributed by atoms with van der Waals surface area (Å²) in [5.41, 5.74) is 3.18. The summed E-state index contributed by atoms with van der Waals surface area (Å²) in [5, 5.41) is 21.5. The van der Waals surface area contributed by atoms with E-state index in [0.29, 0.717) is 16.7 Å². The van der Waals surface area contributed by atoms with Gasteiger partial charge in [-0.1, -0.05) is 46.7 Å². The summed E-state index contributed by atoms with van der Waals surface area (Å²) in [5.74, 6) is 0.226. The number of carboxylic acid groups (broad SMARTS) is 1. The summed E-state index contributed by atoms with van der Waals surface area (Å²) in [6.07, 6.45) is -0.555. The van der Waals surface area contributed by atoms with E-state index in [1.54, 1.807) is 24.3 Å². The molecule has 3 aromatic rings. The van der Waals surface area contributed by atoms with Crippen LogP contribution >= 0.6 is 27.7 Å². The van der Waals surface area contributed by atoms with E-state index < -0.39 is 12.2 Å². The molecule has 0 fully saturated rings. The van der Waals surface area contributed by atoms with Crippen molar-refractivity contribution in [2.75, 3.05) is 11.1 Å². The molecule has 1 aromatic heterocycles. The Bertz CT molecular complexity index is 1050. The first-order valence-electron chi connectivity index (χ1n) is 8.49. The van der Waals surface area contributed by atoms with Gasteiger partial charge in [0.25, 0.3) is 0 Å². The van der Waals surface area contributed by atoms with Gasteiger partial charge in [-0.3, -0.25) is 0 Å². The van der Waals surface area contributed by atoms with Crippen LogP contribution < -0.4 is 10.1 Å². The van der Waals surface area contributed by atoms with Crippen LogP contribution in [0.15, 0.2) is 52.1 Å². The molecular formula is C19H15BrN4O3S. The number of halogens is 1. The van der Waals surface area contributed by atoms with Gasteiger partial charge in [0.1, 0.15) is 0 Å². The van der Waals surface area contributed by atoms with E-state index in [2.05, 4.69) is 36.4 Å². The third kappa shape index (κ3) is 3.67. The molecular weight excluding hydrogens is 444 g/mol. The van der Waals surface area contributed by atoms with Crippen molar-refractivity contribution in [3.63, 3.8) is 0 Å². The fourth-order valence-corrected chi connectivity index (χ4v) is 3.68. The van der Waals surface area contributed by atoms with Gasteiger partial charge in [-0.05, 0) is 36.1 Å². The predicted octanol–water partition coefficient (Wildman–Crippen LogP) is 4.61. The lowest BCUT2D eigenvalue weighted by Gasteiger charge is -2.19. The molecule has 1 aliphatic rings. The number of carboxylic acids is 1. The Hall–Kier alpha value is -2.65. The second kappa shape index (κ2) is 7.76. The first-order valence-corrected chi connectivity index (χ1v) is 10.3. The number of aromatic carboxylic acids is 1. The van der Waals surface area contributed by atoms with E-state index in [9.17, 15) is 4.79 Å². The number of thioether (sulfide) groups is 1. The van der Waals surface area contributed by atoms with Gasteiger partial charge in [-0.2, -0.15) is 4.98 Å². The molecule has 1 atom stereocenters. The van der Waals surface area contributed by atoms with Crippen LogP contribution in [0, 0.1) is 0 Å². The lowest BCUT2D eigenvalue weighted by atomic mass is 10.1. The van der Waals surface area contributed by atoms with Gasteiger partial charge >= 0.3 is 5.97 Å². The van der Waals surface area contributed by atoms with Crippen LogP contribution in [0.5, 0.6) is 5.88 Å². The highest BCUT2D eigenvalue weighted by molar-refractivity contribution is 9.10. The third-order valence-corrected chi connectivity index (χ3v) is 5.34. The minimum absolute atomic E-state index is 0.215. The molecule has 9 heteroatoms. The van der Waals surface area contributed by atoms with Crippen molar-refractivity contribution in [2.24, 2.45) is 0 Å². The highest BCUT2D eigenvalue weighted by atomic mass is 79.9. The van der Waals surface area contributed by atoms with Crippen LogP contribution in [0.3, 0.4) is 0 Å². The summed E-state index contributed by atoms with van der Waals surface area (Å²) >= 11 is 4.97. The zero-order valence-corrected chi connectivity index (χ0v) is 17.1. The summed E-state index contributed by atoms with van der Waals surface area (Å²) in [7, 11) is 0. The van der Waals surface area contributed by atoms with Crippen molar-refractivity contribution in [3.05, 3.63) is 58.1 Å². The van der Waals surface area contributed by atoms with Crippen LogP contribution in [0.4, 0.5) is 5.69 Å². The van der Waals surface area contributed by atoms with E-state index in [1.807, 2.05) is 25.1 Å². The van der Waals surface area contributed by atoms with Crippen molar-refractivity contribution in [2.45, 2.75) is 18.3 Å². The van der Waals surface area contributed by atoms with E-state index in [0.717, 1.165) is 27.0 Å². The van der Waals surface area contributed by atoms with Gasteiger partial charge in [0.05, 0.1) is 5.56 Å². The van der Waals surface area contributed by atoms with E-state index in [1.165, 1.54) is 11.8 Å². The van der Waals surface area contributed by atoms with Crippen molar-refractivity contribution < 1.29 is 14.6 Å². The number of rotatable bonds is 4. The molecule has 0 saturated carbocycles. The molecule has 142 valence electrons. The van der Waals surface area contributed by atoms with Gasteiger partial charge in [0.15, 0.2) is 11.9 Å². The van der Waals surface area contributed by atoms with Crippen LogP contribution in [0.1, 0.15) is 29.1 Å². The molecule has 2 heterocycles. The van der Waals surface area contributed by atoms with Gasteiger partial charge in [-0.15, -0.1) is 10.2 Å². The molecule has 0 aliphatic carbocycles. The lowest BCUT2D eigenvalue weighted by Crippen LogP contribution is -2.17. The Labute approximate surface area is 173 Å². The Kier molecular flexibility index (Phi) is 5.19. The van der Waals surface area contributed by atoms with Crippen LogP contribution in [-0.2, 0) is 0 Å². The maximum atomic E-state index is 11.1. The smallest absolute Gasteiger partial charge is 0.335 e. The summed E-state index contributed by atoms with van der Waals surface area (Å²) in [6.45, 7) is 2.02. The lowest BCUT2D eigenvalue weighted by molar-refractivity contribution is 0.0696. The number of fused-ring (bicyclic) bond motifs is 3. The number of hydrogen-bond acceptors (Lipinski definition) is 7. The van der Waals surface area contributed by atoms with Crippen molar-refractivity contribution in [3.8, 4) is 17.1 Å². The minimum atomic E-state index is -0.972. The Morgan fingerprint density at radius 2 is 2.04 bits per heavy atom. The van der Waals surface area contributed by atoms with E-state index >= 15 is 0 Å².